The van der Waals surface area contributed by atoms with E-state index in [1.54, 1.807) is 22.9 Å². The Morgan fingerprint density at radius 2 is 2.25 bits per heavy atom. The third-order valence-electron chi connectivity index (χ3n) is 2.56. The highest BCUT2D eigenvalue weighted by Crippen LogP contribution is 2.30. The van der Waals surface area contributed by atoms with Crippen molar-refractivity contribution in [1.82, 2.24) is 9.78 Å². The van der Waals surface area contributed by atoms with E-state index >= 15 is 0 Å². The second kappa shape index (κ2) is 3.61. The second-order valence-corrected chi connectivity index (χ2v) is 4.39. The molecule has 0 spiro atoms. The van der Waals surface area contributed by atoms with Gasteiger partial charge >= 0.3 is 0 Å². The standard InChI is InChI=1S/C11H9BrN2O2/c12-11-9-5-16-6-10(9)13-14(11)7-2-1-3-8(15)4-7/h1-4,15H,5-6H2. The fraction of sp³-hybridized carbons (Fsp3) is 0.182. The van der Waals surface area contributed by atoms with Crippen LogP contribution in [0.2, 0.25) is 0 Å². The first-order valence-corrected chi connectivity index (χ1v) is 5.68. The van der Waals surface area contributed by atoms with Crippen molar-refractivity contribution in [3.63, 3.8) is 0 Å². The molecule has 2 heterocycles. The summed E-state index contributed by atoms with van der Waals surface area (Å²) in [6.45, 7) is 1.15. The van der Waals surface area contributed by atoms with Crippen LogP contribution >= 0.6 is 15.9 Å². The van der Waals surface area contributed by atoms with E-state index in [9.17, 15) is 5.11 Å². The number of ether oxygens (including phenoxy) is 1. The molecule has 0 amide bonds. The van der Waals surface area contributed by atoms with Crippen molar-refractivity contribution in [3.05, 3.63) is 40.1 Å². The third-order valence-corrected chi connectivity index (χ3v) is 3.38. The number of benzene rings is 1. The van der Waals surface area contributed by atoms with Gasteiger partial charge in [-0.1, -0.05) is 6.07 Å². The SMILES string of the molecule is Oc1cccc(-n2nc3c(c2Br)COC3)c1. The molecule has 0 fully saturated rings. The number of rotatable bonds is 1. The van der Waals surface area contributed by atoms with Gasteiger partial charge in [-0.3, -0.25) is 0 Å². The molecule has 1 aromatic heterocycles. The number of phenols is 1. The average Bonchev–Trinajstić information content (AvgIpc) is 2.82. The third kappa shape index (κ3) is 1.44. The van der Waals surface area contributed by atoms with Crippen LogP contribution in [0.3, 0.4) is 0 Å². The molecule has 0 unspecified atom stereocenters. The molecule has 4 nitrogen and oxygen atoms in total. The topological polar surface area (TPSA) is 47.3 Å². The summed E-state index contributed by atoms with van der Waals surface area (Å²) in [5, 5.41) is 13.9. The van der Waals surface area contributed by atoms with Gasteiger partial charge in [0.25, 0.3) is 0 Å². The Morgan fingerprint density at radius 3 is 3.00 bits per heavy atom. The van der Waals surface area contributed by atoms with Crippen molar-refractivity contribution >= 4 is 15.9 Å². The predicted molar refractivity (Wildman–Crippen MR) is 61.4 cm³/mol. The number of aromatic nitrogens is 2. The molecule has 82 valence electrons. The number of aromatic hydroxyl groups is 1. The Hall–Kier alpha value is -1.33. The molecule has 5 heteroatoms. The average molecular weight is 281 g/mol. The van der Waals surface area contributed by atoms with Gasteiger partial charge in [-0.05, 0) is 28.1 Å². The lowest BCUT2D eigenvalue weighted by Gasteiger charge is -2.04. The van der Waals surface area contributed by atoms with Crippen LogP contribution < -0.4 is 0 Å². The van der Waals surface area contributed by atoms with Gasteiger partial charge in [0.1, 0.15) is 10.4 Å². The quantitative estimate of drug-likeness (QED) is 0.873. The van der Waals surface area contributed by atoms with Gasteiger partial charge in [0.2, 0.25) is 0 Å². The molecule has 0 aliphatic carbocycles. The summed E-state index contributed by atoms with van der Waals surface area (Å²) in [6.07, 6.45) is 0. The maximum Gasteiger partial charge on any atom is 0.117 e. The van der Waals surface area contributed by atoms with Gasteiger partial charge in [-0.2, -0.15) is 5.10 Å². The van der Waals surface area contributed by atoms with Gasteiger partial charge in [-0.15, -0.1) is 0 Å². The first-order valence-electron chi connectivity index (χ1n) is 4.89. The van der Waals surface area contributed by atoms with E-state index < -0.39 is 0 Å². The fourth-order valence-electron chi connectivity index (χ4n) is 1.78. The molecule has 3 rings (SSSR count). The normalized spacial score (nSPS) is 14.1. The smallest absolute Gasteiger partial charge is 0.117 e. The molecular weight excluding hydrogens is 272 g/mol. The molecular formula is C11H9BrN2O2. The number of halogens is 1. The van der Waals surface area contributed by atoms with Crippen molar-refractivity contribution < 1.29 is 9.84 Å². The molecule has 0 saturated carbocycles. The Morgan fingerprint density at radius 1 is 1.38 bits per heavy atom. The molecule has 1 N–H and O–H groups in total. The summed E-state index contributed by atoms with van der Waals surface area (Å²) in [6, 6.07) is 7.00. The van der Waals surface area contributed by atoms with Crippen molar-refractivity contribution in [2.75, 3.05) is 0 Å². The molecule has 2 aromatic rings. The van der Waals surface area contributed by atoms with Gasteiger partial charge in [0.15, 0.2) is 0 Å². The summed E-state index contributed by atoms with van der Waals surface area (Å²) >= 11 is 3.50. The Bertz CT molecular complexity index is 551. The zero-order valence-corrected chi connectivity index (χ0v) is 9.94. The molecule has 16 heavy (non-hydrogen) atoms. The van der Waals surface area contributed by atoms with E-state index in [1.165, 1.54) is 0 Å². The summed E-state index contributed by atoms with van der Waals surface area (Å²) < 4.78 is 7.96. The highest BCUT2D eigenvalue weighted by molar-refractivity contribution is 9.10. The van der Waals surface area contributed by atoms with Crippen LogP contribution in [0, 0.1) is 0 Å². The van der Waals surface area contributed by atoms with Crippen LogP contribution in [-0.2, 0) is 18.0 Å². The number of nitrogens with zero attached hydrogens (tertiary/aromatic N) is 2. The zero-order chi connectivity index (χ0) is 11.1. The van der Waals surface area contributed by atoms with E-state index in [2.05, 4.69) is 21.0 Å². The fourth-order valence-corrected chi connectivity index (χ4v) is 2.40. The maximum atomic E-state index is 9.43. The first kappa shape index (κ1) is 9.86. The minimum atomic E-state index is 0.233. The summed E-state index contributed by atoms with van der Waals surface area (Å²) in [5.41, 5.74) is 2.87. The summed E-state index contributed by atoms with van der Waals surface area (Å²) in [4.78, 5) is 0. The van der Waals surface area contributed by atoms with E-state index in [4.69, 9.17) is 4.74 Å². The number of hydrogen-bond donors (Lipinski definition) is 1. The molecule has 0 bridgehead atoms. The lowest BCUT2D eigenvalue weighted by molar-refractivity contribution is 0.131. The second-order valence-electron chi connectivity index (χ2n) is 3.64. The van der Waals surface area contributed by atoms with E-state index in [1.807, 2.05) is 6.07 Å². The van der Waals surface area contributed by atoms with Gasteiger partial charge in [0.05, 0.1) is 24.6 Å². The zero-order valence-electron chi connectivity index (χ0n) is 8.35. The monoisotopic (exact) mass is 280 g/mol. The Balaban J connectivity index is 2.14. The molecule has 1 aliphatic heterocycles. The molecule has 0 radical (unpaired) electrons. The van der Waals surface area contributed by atoms with Crippen molar-refractivity contribution in [3.8, 4) is 11.4 Å². The van der Waals surface area contributed by atoms with Crippen LogP contribution in [0.1, 0.15) is 11.3 Å². The highest BCUT2D eigenvalue weighted by Gasteiger charge is 2.21. The van der Waals surface area contributed by atoms with Crippen molar-refractivity contribution in [2.24, 2.45) is 0 Å². The minimum absolute atomic E-state index is 0.233. The summed E-state index contributed by atoms with van der Waals surface area (Å²) in [5.74, 6) is 0.233. The molecule has 0 atom stereocenters. The van der Waals surface area contributed by atoms with E-state index in [0.717, 1.165) is 21.5 Å². The van der Waals surface area contributed by atoms with E-state index in [0.29, 0.717) is 13.2 Å². The highest BCUT2D eigenvalue weighted by atomic mass is 79.9. The lowest BCUT2D eigenvalue weighted by atomic mass is 10.3. The predicted octanol–water partition coefficient (Wildman–Crippen LogP) is 2.37. The van der Waals surface area contributed by atoms with E-state index in [-0.39, 0.29) is 5.75 Å². The molecule has 1 aliphatic rings. The van der Waals surface area contributed by atoms with Crippen molar-refractivity contribution in [1.29, 1.82) is 0 Å². The number of phenolic OH excluding ortho intramolecular Hbond substituents is 1. The van der Waals surface area contributed by atoms with Crippen LogP contribution in [-0.4, -0.2) is 14.9 Å². The van der Waals surface area contributed by atoms with Crippen molar-refractivity contribution in [2.45, 2.75) is 13.2 Å². The minimum Gasteiger partial charge on any atom is -0.508 e. The molecule has 1 aromatic carbocycles. The Labute approximate surface area is 101 Å². The lowest BCUT2D eigenvalue weighted by Crippen LogP contribution is -1.98. The number of fused-ring (bicyclic) bond motifs is 1. The maximum absolute atomic E-state index is 9.43. The largest absolute Gasteiger partial charge is 0.508 e. The van der Waals surface area contributed by atoms with Gasteiger partial charge < -0.3 is 9.84 Å². The van der Waals surface area contributed by atoms with Crippen LogP contribution in [0.25, 0.3) is 5.69 Å². The van der Waals surface area contributed by atoms with Gasteiger partial charge in [0, 0.05) is 11.6 Å². The van der Waals surface area contributed by atoms with Crippen LogP contribution in [0.5, 0.6) is 5.75 Å². The van der Waals surface area contributed by atoms with Crippen LogP contribution in [0.15, 0.2) is 28.9 Å². The number of hydrogen-bond acceptors (Lipinski definition) is 3. The molecule has 0 saturated heterocycles. The first-order chi connectivity index (χ1) is 7.75. The van der Waals surface area contributed by atoms with Crippen LogP contribution in [0.4, 0.5) is 0 Å². The Kier molecular flexibility index (Phi) is 2.22. The van der Waals surface area contributed by atoms with Gasteiger partial charge in [-0.25, -0.2) is 4.68 Å². The summed E-state index contributed by atoms with van der Waals surface area (Å²) in [7, 11) is 0.